The first-order valence-corrected chi connectivity index (χ1v) is 9.82. The van der Waals surface area contributed by atoms with Crippen LogP contribution in [0.3, 0.4) is 0 Å². The Bertz CT molecular complexity index is 608. The van der Waals surface area contributed by atoms with E-state index in [4.69, 9.17) is 16.3 Å². The summed E-state index contributed by atoms with van der Waals surface area (Å²) in [6, 6.07) is 5.33. The van der Waals surface area contributed by atoms with Gasteiger partial charge in [0, 0.05) is 10.9 Å². The summed E-state index contributed by atoms with van der Waals surface area (Å²) in [4.78, 5) is 25.2. The predicted molar refractivity (Wildman–Crippen MR) is 97.6 cm³/mol. The molecule has 0 radical (unpaired) electrons. The molecule has 0 spiro atoms. The fourth-order valence-corrected chi connectivity index (χ4v) is 3.67. The second-order valence-electron chi connectivity index (χ2n) is 6.36. The number of carbonyl (C=O) groups is 2. The maximum absolute atomic E-state index is 12.2. The minimum atomic E-state index is -0.573. The van der Waals surface area contributed by atoms with E-state index in [0.29, 0.717) is 16.9 Å². The molecule has 1 aromatic rings. The van der Waals surface area contributed by atoms with Crippen molar-refractivity contribution in [1.82, 2.24) is 5.32 Å². The molecule has 2 rings (SSSR count). The average Bonchev–Trinajstić information content (AvgIpc) is 2.57. The molecule has 0 heterocycles. The van der Waals surface area contributed by atoms with Crippen LogP contribution < -0.4 is 5.32 Å². The number of halogens is 1. The number of carbonyl (C=O) groups excluding carboxylic acids is 2. The van der Waals surface area contributed by atoms with Crippen molar-refractivity contribution in [3.05, 3.63) is 28.8 Å². The van der Waals surface area contributed by atoms with Gasteiger partial charge in [-0.15, -0.1) is 11.8 Å². The summed E-state index contributed by atoms with van der Waals surface area (Å²) in [7, 11) is 0. The Labute approximate surface area is 152 Å². The number of ether oxygens (including phenoxy) is 1. The molecular weight excluding hydrogens is 346 g/mol. The molecule has 3 atom stereocenters. The van der Waals surface area contributed by atoms with Crippen LogP contribution >= 0.6 is 23.4 Å². The molecule has 1 N–H and O–H groups in total. The predicted octanol–water partition coefficient (Wildman–Crippen LogP) is 4.16. The molecule has 24 heavy (non-hydrogen) atoms. The van der Waals surface area contributed by atoms with E-state index in [-0.39, 0.29) is 24.1 Å². The van der Waals surface area contributed by atoms with E-state index in [9.17, 15) is 9.59 Å². The van der Waals surface area contributed by atoms with Crippen molar-refractivity contribution in [3.63, 3.8) is 0 Å². The van der Waals surface area contributed by atoms with Crippen molar-refractivity contribution in [1.29, 1.82) is 0 Å². The summed E-state index contributed by atoms with van der Waals surface area (Å²) in [5, 5.41) is 3.32. The average molecular weight is 370 g/mol. The molecule has 0 saturated heterocycles. The van der Waals surface area contributed by atoms with Crippen LogP contribution in [0.4, 0.5) is 0 Å². The zero-order valence-corrected chi connectivity index (χ0v) is 15.9. The lowest BCUT2D eigenvalue weighted by Crippen LogP contribution is -2.45. The molecule has 1 saturated carbocycles. The van der Waals surface area contributed by atoms with E-state index in [1.165, 1.54) is 18.2 Å². The molecule has 1 aliphatic carbocycles. The van der Waals surface area contributed by atoms with E-state index >= 15 is 0 Å². The molecule has 1 aliphatic rings. The van der Waals surface area contributed by atoms with Crippen molar-refractivity contribution in [3.8, 4) is 0 Å². The van der Waals surface area contributed by atoms with Gasteiger partial charge in [0.15, 0.2) is 6.61 Å². The van der Waals surface area contributed by atoms with Gasteiger partial charge in [0.05, 0.1) is 10.6 Å². The van der Waals surface area contributed by atoms with Crippen LogP contribution in [-0.4, -0.2) is 30.8 Å². The summed E-state index contributed by atoms with van der Waals surface area (Å²) in [6.07, 6.45) is 5.21. The zero-order valence-electron chi connectivity index (χ0n) is 14.3. The molecule has 0 aliphatic heterocycles. The summed E-state index contributed by atoms with van der Waals surface area (Å²) >= 11 is 7.55. The molecule has 0 unspecified atom stereocenters. The number of rotatable bonds is 5. The van der Waals surface area contributed by atoms with Crippen molar-refractivity contribution in [2.24, 2.45) is 11.8 Å². The summed E-state index contributed by atoms with van der Waals surface area (Å²) in [5.74, 6) is 0.202. The van der Waals surface area contributed by atoms with Crippen LogP contribution in [0.5, 0.6) is 0 Å². The number of hydrogen-bond acceptors (Lipinski definition) is 4. The Morgan fingerprint density at radius 2 is 2.08 bits per heavy atom. The van der Waals surface area contributed by atoms with Crippen LogP contribution in [0, 0.1) is 11.8 Å². The Morgan fingerprint density at radius 1 is 1.33 bits per heavy atom. The number of nitrogens with one attached hydrogen (secondary N) is 1. The maximum Gasteiger partial charge on any atom is 0.340 e. The highest BCUT2D eigenvalue weighted by Crippen LogP contribution is 2.29. The van der Waals surface area contributed by atoms with Crippen molar-refractivity contribution < 1.29 is 14.3 Å². The molecule has 4 nitrogen and oxygen atoms in total. The van der Waals surface area contributed by atoms with Crippen LogP contribution in [0.2, 0.25) is 5.02 Å². The normalized spacial score (nSPS) is 23.6. The molecule has 0 bridgehead atoms. The second kappa shape index (κ2) is 8.77. The third kappa shape index (κ3) is 4.90. The lowest BCUT2D eigenvalue weighted by atomic mass is 9.78. The van der Waals surface area contributed by atoms with Crippen molar-refractivity contribution in [2.75, 3.05) is 12.9 Å². The third-order valence-corrected chi connectivity index (χ3v) is 5.84. The van der Waals surface area contributed by atoms with Crippen LogP contribution in [0.15, 0.2) is 23.1 Å². The quantitative estimate of drug-likeness (QED) is 0.625. The van der Waals surface area contributed by atoms with Gasteiger partial charge in [0.2, 0.25) is 0 Å². The topological polar surface area (TPSA) is 55.4 Å². The number of thioether (sulfide) groups is 1. The smallest absolute Gasteiger partial charge is 0.340 e. The number of benzene rings is 1. The van der Waals surface area contributed by atoms with E-state index in [0.717, 1.165) is 17.7 Å². The molecule has 1 aromatic carbocycles. The summed E-state index contributed by atoms with van der Waals surface area (Å²) in [6.45, 7) is 4.09. The highest BCUT2D eigenvalue weighted by Gasteiger charge is 2.28. The molecular formula is C18H24ClNO3S. The molecule has 132 valence electrons. The van der Waals surface area contributed by atoms with Gasteiger partial charge in [-0.2, -0.15) is 0 Å². The Balaban J connectivity index is 1.88. The Morgan fingerprint density at radius 3 is 2.79 bits per heavy atom. The maximum atomic E-state index is 12.2. The molecule has 1 fully saturated rings. The number of esters is 1. The van der Waals surface area contributed by atoms with Crippen LogP contribution in [0.1, 0.15) is 43.5 Å². The first-order chi connectivity index (χ1) is 11.4. The number of hydrogen-bond donors (Lipinski definition) is 1. The monoisotopic (exact) mass is 369 g/mol. The van der Waals surface area contributed by atoms with Gasteiger partial charge in [-0.25, -0.2) is 4.79 Å². The van der Waals surface area contributed by atoms with Crippen molar-refractivity contribution in [2.45, 2.75) is 44.0 Å². The summed E-state index contributed by atoms with van der Waals surface area (Å²) < 4.78 is 5.13. The van der Waals surface area contributed by atoms with Gasteiger partial charge in [-0.05, 0) is 42.7 Å². The van der Waals surface area contributed by atoms with Gasteiger partial charge < -0.3 is 10.1 Å². The highest BCUT2D eigenvalue weighted by molar-refractivity contribution is 7.98. The zero-order chi connectivity index (χ0) is 17.7. The molecule has 6 heteroatoms. The lowest BCUT2D eigenvalue weighted by molar-refractivity contribution is -0.125. The highest BCUT2D eigenvalue weighted by atomic mass is 35.5. The second-order valence-corrected chi connectivity index (χ2v) is 7.65. The van der Waals surface area contributed by atoms with E-state index < -0.39 is 5.97 Å². The molecule has 0 aromatic heterocycles. The fraction of sp³-hybridized carbons (Fsp3) is 0.556. The van der Waals surface area contributed by atoms with Gasteiger partial charge in [0.25, 0.3) is 5.91 Å². The third-order valence-electron chi connectivity index (χ3n) is 4.78. The van der Waals surface area contributed by atoms with E-state index in [1.807, 2.05) is 12.3 Å². The van der Waals surface area contributed by atoms with Crippen LogP contribution in [-0.2, 0) is 9.53 Å². The number of amides is 1. The largest absolute Gasteiger partial charge is 0.452 e. The Hall–Kier alpha value is -1.20. The fourth-order valence-electron chi connectivity index (χ4n) is 3.03. The summed E-state index contributed by atoms with van der Waals surface area (Å²) in [5.41, 5.74) is 0.288. The Kier molecular flexibility index (Phi) is 6.99. The van der Waals surface area contributed by atoms with Gasteiger partial charge in [-0.3, -0.25) is 4.79 Å². The van der Waals surface area contributed by atoms with Gasteiger partial charge in [0.1, 0.15) is 0 Å². The van der Waals surface area contributed by atoms with Crippen LogP contribution in [0.25, 0.3) is 0 Å². The van der Waals surface area contributed by atoms with E-state index in [1.54, 1.807) is 12.1 Å². The van der Waals surface area contributed by atoms with Gasteiger partial charge >= 0.3 is 5.97 Å². The molecule has 1 amide bonds. The first-order valence-electron chi connectivity index (χ1n) is 8.22. The standard InChI is InChI=1S/C18H24ClNO3S/c1-11-5-4-6-16(12(11)2)20-17(21)10-23-18(22)14-9-13(24-3)7-8-15(14)19/h7-9,11-12,16H,4-6,10H2,1-3H3,(H,20,21)/t11-,12-,16-/m0/s1. The minimum absolute atomic E-state index is 0.156. The van der Waals surface area contributed by atoms with Gasteiger partial charge in [-0.1, -0.05) is 38.3 Å². The lowest BCUT2D eigenvalue weighted by Gasteiger charge is -2.34. The van der Waals surface area contributed by atoms with Crippen molar-refractivity contribution >= 4 is 35.2 Å². The first kappa shape index (κ1) is 19.1. The SMILES string of the molecule is CSc1ccc(Cl)c(C(=O)OCC(=O)N[C@H]2CCC[C@H](C)[C@@H]2C)c1. The van der Waals surface area contributed by atoms with E-state index in [2.05, 4.69) is 19.2 Å². The minimum Gasteiger partial charge on any atom is -0.452 e.